The van der Waals surface area contributed by atoms with Crippen LogP contribution < -0.4 is 5.32 Å². The molecule has 1 unspecified atom stereocenters. The van der Waals surface area contributed by atoms with E-state index in [0.717, 1.165) is 27.2 Å². The molecule has 2 aliphatic rings. The summed E-state index contributed by atoms with van der Waals surface area (Å²) in [5.74, 6) is -2.05. The fourth-order valence-electron chi connectivity index (χ4n) is 4.92. The number of carboxylic acid groups (broad SMARTS) is 1. The van der Waals surface area contributed by atoms with Crippen molar-refractivity contribution in [1.82, 2.24) is 10.2 Å². The summed E-state index contributed by atoms with van der Waals surface area (Å²) in [5, 5.41) is 22.0. The van der Waals surface area contributed by atoms with Gasteiger partial charge in [-0.15, -0.1) is 0 Å². The largest absolute Gasteiger partial charge is 0.480 e. The molecule has 2 amide bonds. The topological polar surface area (TPSA) is 116 Å². The van der Waals surface area contributed by atoms with Crippen LogP contribution in [0.1, 0.15) is 43.7 Å². The second-order valence-electron chi connectivity index (χ2n) is 9.07. The van der Waals surface area contributed by atoms with Crippen molar-refractivity contribution >= 4 is 18.0 Å². The number of carboxylic acids is 1. The maximum absolute atomic E-state index is 13.2. The van der Waals surface area contributed by atoms with Crippen molar-refractivity contribution in [2.24, 2.45) is 5.92 Å². The van der Waals surface area contributed by atoms with Crippen LogP contribution in [0.5, 0.6) is 0 Å². The van der Waals surface area contributed by atoms with Crippen molar-refractivity contribution in [3.8, 4) is 11.1 Å². The summed E-state index contributed by atoms with van der Waals surface area (Å²) in [6, 6.07) is 14.0. The number of nitrogens with one attached hydrogen (secondary N) is 1. The van der Waals surface area contributed by atoms with Gasteiger partial charge < -0.3 is 25.2 Å². The number of aliphatic hydroxyl groups is 1. The maximum atomic E-state index is 13.2. The zero-order valence-corrected chi connectivity index (χ0v) is 19.3. The maximum Gasteiger partial charge on any atom is 0.407 e. The van der Waals surface area contributed by atoms with Gasteiger partial charge in [0.1, 0.15) is 18.7 Å². The lowest BCUT2D eigenvalue weighted by Crippen LogP contribution is -2.54. The Morgan fingerprint density at radius 1 is 1.09 bits per heavy atom. The first-order valence-corrected chi connectivity index (χ1v) is 11.6. The molecule has 1 fully saturated rings. The van der Waals surface area contributed by atoms with E-state index in [1.54, 1.807) is 0 Å². The van der Waals surface area contributed by atoms with Gasteiger partial charge in [-0.1, -0.05) is 68.8 Å². The van der Waals surface area contributed by atoms with Gasteiger partial charge >= 0.3 is 12.1 Å². The molecule has 0 saturated carbocycles. The van der Waals surface area contributed by atoms with Crippen LogP contribution in [0.15, 0.2) is 48.5 Å². The lowest BCUT2D eigenvalue weighted by Gasteiger charge is -2.30. The van der Waals surface area contributed by atoms with Crippen molar-refractivity contribution in [3.05, 3.63) is 59.7 Å². The molecule has 1 saturated heterocycles. The van der Waals surface area contributed by atoms with Gasteiger partial charge in [0.05, 0.1) is 6.10 Å². The first kappa shape index (κ1) is 23.8. The summed E-state index contributed by atoms with van der Waals surface area (Å²) < 4.78 is 5.59. The average Bonchev–Trinajstić information content (AvgIpc) is 3.38. The first-order chi connectivity index (χ1) is 16.3. The second-order valence-corrected chi connectivity index (χ2v) is 9.07. The Bertz CT molecular complexity index is 1040. The minimum Gasteiger partial charge on any atom is -0.480 e. The fraction of sp³-hybridized carbons (Fsp3) is 0.423. The first-order valence-electron chi connectivity index (χ1n) is 11.6. The van der Waals surface area contributed by atoms with Crippen LogP contribution in [-0.4, -0.2) is 64.4 Å². The van der Waals surface area contributed by atoms with E-state index < -0.39 is 36.2 Å². The molecule has 4 rings (SSSR count). The molecule has 0 radical (unpaired) electrons. The molecule has 180 valence electrons. The standard InChI is InChI=1S/C26H30N2O6/c1-3-15(2)23(24(30)28-13-16(29)12-22(28)25(31)32)27-26(33)34-14-21-19-10-6-4-8-17(19)18-9-5-7-11-20(18)21/h4-11,15-16,21-23,29H,3,12-14H2,1-2H3,(H,27,33)(H,31,32)/t15?,16-,22+,23+/m1/s1. The predicted molar refractivity (Wildman–Crippen MR) is 125 cm³/mol. The number of hydrogen-bond donors (Lipinski definition) is 3. The summed E-state index contributed by atoms with van der Waals surface area (Å²) in [5.41, 5.74) is 4.40. The summed E-state index contributed by atoms with van der Waals surface area (Å²) >= 11 is 0. The van der Waals surface area contributed by atoms with Crippen LogP contribution in [0, 0.1) is 5.92 Å². The number of likely N-dealkylation sites (tertiary alicyclic amines) is 1. The Balaban J connectivity index is 1.46. The molecule has 2 aromatic rings. The number of hydrogen-bond acceptors (Lipinski definition) is 5. The van der Waals surface area contributed by atoms with Crippen LogP contribution in [0.25, 0.3) is 11.1 Å². The summed E-state index contributed by atoms with van der Waals surface area (Å²) in [6.07, 6.45) is -1.07. The second kappa shape index (κ2) is 9.85. The lowest BCUT2D eigenvalue weighted by atomic mass is 9.97. The molecule has 1 heterocycles. The third-order valence-electron chi connectivity index (χ3n) is 6.94. The molecule has 1 aliphatic heterocycles. The van der Waals surface area contributed by atoms with Gasteiger partial charge in [-0.2, -0.15) is 0 Å². The van der Waals surface area contributed by atoms with Crippen molar-refractivity contribution in [3.63, 3.8) is 0 Å². The summed E-state index contributed by atoms with van der Waals surface area (Å²) in [4.78, 5) is 38.7. The Morgan fingerprint density at radius 2 is 1.68 bits per heavy atom. The highest BCUT2D eigenvalue weighted by Crippen LogP contribution is 2.44. The number of alkyl carbamates (subject to hydrolysis) is 1. The molecular weight excluding hydrogens is 436 g/mol. The molecule has 4 atom stereocenters. The lowest BCUT2D eigenvalue weighted by molar-refractivity contribution is -0.149. The van der Waals surface area contributed by atoms with E-state index in [4.69, 9.17) is 4.74 Å². The minimum atomic E-state index is -1.17. The van der Waals surface area contributed by atoms with Crippen LogP contribution in [-0.2, 0) is 14.3 Å². The molecular formula is C26H30N2O6. The average molecular weight is 467 g/mol. The van der Waals surface area contributed by atoms with Crippen molar-refractivity contribution in [1.29, 1.82) is 0 Å². The van der Waals surface area contributed by atoms with E-state index in [2.05, 4.69) is 17.4 Å². The third-order valence-corrected chi connectivity index (χ3v) is 6.94. The number of benzene rings is 2. The van der Waals surface area contributed by atoms with Crippen LogP contribution in [0.4, 0.5) is 4.79 Å². The number of carbonyl (C=O) groups is 3. The third kappa shape index (κ3) is 4.50. The monoisotopic (exact) mass is 466 g/mol. The molecule has 0 aromatic heterocycles. The number of ether oxygens (including phenoxy) is 1. The summed E-state index contributed by atoms with van der Waals surface area (Å²) in [6.45, 7) is 3.74. The quantitative estimate of drug-likeness (QED) is 0.578. The fourth-order valence-corrected chi connectivity index (χ4v) is 4.92. The van der Waals surface area contributed by atoms with Gasteiger partial charge in [0, 0.05) is 18.9 Å². The smallest absolute Gasteiger partial charge is 0.407 e. The number of aliphatic hydroxyl groups excluding tert-OH is 1. The number of β-amino-alcohol motifs (C(OH)–C–C–N with tert-alkyl or cyclic N) is 1. The Hall–Kier alpha value is -3.39. The van der Waals surface area contributed by atoms with E-state index in [1.165, 1.54) is 0 Å². The van der Waals surface area contributed by atoms with E-state index in [1.807, 2.05) is 50.2 Å². The van der Waals surface area contributed by atoms with Crippen molar-refractivity contribution in [2.75, 3.05) is 13.2 Å². The van der Waals surface area contributed by atoms with Crippen molar-refractivity contribution in [2.45, 2.75) is 50.8 Å². The number of nitrogens with zero attached hydrogens (tertiary/aromatic N) is 1. The van der Waals surface area contributed by atoms with Gasteiger partial charge in [-0.3, -0.25) is 4.79 Å². The van der Waals surface area contributed by atoms with Crippen LogP contribution >= 0.6 is 0 Å². The van der Waals surface area contributed by atoms with Gasteiger partial charge in [0.15, 0.2) is 0 Å². The Labute approximate surface area is 198 Å². The van der Waals surface area contributed by atoms with Gasteiger partial charge in [0.2, 0.25) is 5.91 Å². The van der Waals surface area contributed by atoms with E-state index >= 15 is 0 Å². The van der Waals surface area contributed by atoms with Gasteiger partial charge in [-0.25, -0.2) is 9.59 Å². The molecule has 8 nitrogen and oxygen atoms in total. The molecule has 34 heavy (non-hydrogen) atoms. The Kier molecular flexibility index (Phi) is 6.88. The molecule has 0 bridgehead atoms. The number of carbonyl (C=O) groups excluding carboxylic acids is 2. The normalized spacial score (nSPS) is 20.9. The highest BCUT2D eigenvalue weighted by molar-refractivity contribution is 5.90. The van der Waals surface area contributed by atoms with E-state index in [9.17, 15) is 24.6 Å². The van der Waals surface area contributed by atoms with Crippen LogP contribution in [0.3, 0.4) is 0 Å². The number of amides is 2. The highest BCUT2D eigenvalue weighted by Gasteiger charge is 2.42. The number of aliphatic carboxylic acids is 1. The Morgan fingerprint density at radius 3 is 2.24 bits per heavy atom. The number of rotatable bonds is 7. The number of fused-ring (bicyclic) bond motifs is 3. The van der Waals surface area contributed by atoms with Crippen molar-refractivity contribution < 1.29 is 29.3 Å². The van der Waals surface area contributed by atoms with Gasteiger partial charge in [0.25, 0.3) is 0 Å². The molecule has 1 aliphatic carbocycles. The SMILES string of the molecule is CCC(C)[C@H](NC(=O)OCC1c2ccccc2-c2ccccc21)C(=O)N1C[C@H](O)C[C@H]1C(=O)O. The zero-order chi connectivity index (χ0) is 24.4. The summed E-state index contributed by atoms with van der Waals surface area (Å²) in [7, 11) is 0. The molecule has 0 spiro atoms. The zero-order valence-electron chi connectivity index (χ0n) is 19.3. The van der Waals surface area contributed by atoms with Gasteiger partial charge in [-0.05, 0) is 28.2 Å². The van der Waals surface area contributed by atoms with E-state index in [-0.39, 0.29) is 31.4 Å². The van der Waals surface area contributed by atoms with Crippen LogP contribution in [0.2, 0.25) is 0 Å². The minimum absolute atomic E-state index is 0.0285. The molecule has 3 N–H and O–H groups in total. The highest BCUT2D eigenvalue weighted by atomic mass is 16.5. The van der Waals surface area contributed by atoms with E-state index in [0.29, 0.717) is 6.42 Å². The predicted octanol–water partition coefficient (Wildman–Crippen LogP) is 2.99. The molecule has 2 aromatic carbocycles. The molecule has 8 heteroatoms.